The Kier molecular flexibility index (Phi) is 6.18. The summed E-state index contributed by atoms with van der Waals surface area (Å²) >= 11 is 0. The van der Waals surface area contributed by atoms with Crippen LogP contribution in [0.5, 0.6) is 0 Å². The monoisotopic (exact) mass is 230 g/mol. The second-order valence-corrected chi connectivity index (χ2v) is 4.66. The Morgan fingerprint density at radius 3 is 1.69 bits per heavy atom. The van der Waals surface area contributed by atoms with E-state index < -0.39 is 0 Å². The largest absolute Gasteiger partial charge is 0.327 e. The molecule has 2 heterocycles. The Labute approximate surface area is 97.5 Å². The number of nitrogens with two attached hydrogens (primary N) is 4. The van der Waals surface area contributed by atoms with Gasteiger partial charge in [-0.05, 0) is 32.1 Å². The van der Waals surface area contributed by atoms with Crippen molar-refractivity contribution in [2.75, 3.05) is 6.54 Å². The lowest BCUT2D eigenvalue weighted by Gasteiger charge is -2.24. The highest BCUT2D eigenvalue weighted by Gasteiger charge is 2.13. The first kappa shape index (κ1) is 13.8. The summed E-state index contributed by atoms with van der Waals surface area (Å²) in [5, 5.41) is 6.12. The van der Waals surface area contributed by atoms with Crippen molar-refractivity contribution in [3.8, 4) is 0 Å². The Hall–Kier alpha value is -0.240. The molecule has 2 saturated heterocycles. The summed E-state index contributed by atoms with van der Waals surface area (Å²) in [6, 6.07) is 0.329. The first-order chi connectivity index (χ1) is 7.58. The number of hydrogen-bond donors (Lipinski definition) is 6. The topological polar surface area (TPSA) is 128 Å². The van der Waals surface area contributed by atoms with Crippen molar-refractivity contribution < 1.29 is 0 Å². The molecule has 0 bridgehead atoms. The van der Waals surface area contributed by atoms with Gasteiger partial charge in [0.25, 0.3) is 0 Å². The Morgan fingerprint density at radius 2 is 1.38 bits per heavy atom. The van der Waals surface area contributed by atoms with Crippen molar-refractivity contribution in [2.24, 2.45) is 22.9 Å². The van der Waals surface area contributed by atoms with Gasteiger partial charge >= 0.3 is 0 Å². The minimum absolute atomic E-state index is 0.138. The molecule has 0 spiro atoms. The smallest absolute Gasteiger partial charge is 0.0558 e. The average Bonchev–Trinajstić information content (AvgIpc) is 2.23. The van der Waals surface area contributed by atoms with E-state index in [1.165, 1.54) is 0 Å². The van der Waals surface area contributed by atoms with Gasteiger partial charge < -0.3 is 28.3 Å². The zero-order chi connectivity index (χ0) is 12.0. The average molecular weight is 230 g/mol. The molecule has 2 aliphatic heterocycles. The quantitative estimate of drug-likeness (QED) is 0.295. The van der Waals surface area contributed by atoms with Crippen LogP contribution in [0, 0.1) is 0 Å². The van der Waals surface area contributed by atoms with Gasteiger partial charge in [-0.3, -0.25) is 5.32 Å². The van der Waals surface area contributed by atoms with Crippen molar-refractivity contribution in [3.05, 3.63) is 0 Å². The van der Waals surface area contributed by atoms with Crippen LogP contribution in [0.25, 0.3) is 0 Å². The van der Waals surface area contributed by atoms with E-state index in [0.717, 1.165) is 38.6 Å². The Balaban J connectivity index is 0.000000160. The zero-order valence-corrected chi connectivity index (χ0v) is 9.86. The molecule has 0 aromatic heterocycles. The third-order valence-electron chi connectivity index (χ3n) is 2.95. The molecule has 0 aromatic carbocycles. The fourth-order valence-electron chi connectivity index (χ4n) is 1.90. The van der Waals surface area contributed by atoms with Crippen LogP contribution in [-0.2, 0) is 0 Å². The van der Waals surface area contributed by atoms with Gasteiger partial charge in [0.2, 0.25) is 0 Å². The minimum atomic E-state index is 0.138. The molecule has 0 amide bonds. The summed E-state index contributed by atoms with van der Waals surface area (Å²) in [4.78, 5) is 0. The molecular formula is C10H26N6. The van der Waals surface area contributed by atoms with E-state index >= 15 is 0 Å². The second kappa shape index (κ2) is 7.16. The van der Waals surface area contributed by atoms with Gasteiger partial charge in [0.1, 0.15) is 0 Å². The molecule has 2 aliphatic rings. The maximum atomic E-state index is 5.58. The first-order valence-electron chi connectivity index (χ1n) is 6.09. The number of rotatable bonds is 0. The van der Waals surface area contributed by atoms with Crippen LogP contribution in [0.2, 0.25) is 0 Å². The second-order valence-electron chi connectivity index (χ2n) is 4.66. The highest BCUT2D eigenvalue weighted by molar-refractivity contribution is 4.75. The van der Waals surface area contributed by atoms with E-state index in [9.17, 15) is 0 Å². The normalized spacial score (nSPS) is 39.8. The fourth-order valence-corrected chi connectivity index (χ4v) is 1.90. The summed E-state index contributed by atoms with van der Waals surface area (Å²) in [5.74, 6) is 0. The molecule has 0 radical (unpaired) electrons. The third-order valence-corrected chi connectivity index (χ3v) is 2.95. The van der Waals surface area contributed by atoms with Gasteiger partial charge in [0, 0.05) is 12.6 Å². The van der Waals surface area contributed by atoms with Gasteiger partial charge in [-0.2, -0.15) is 0 Å². The highest BCUT2D eigenvalue weighted by Crippen LogP contribution is 2.04. The van der Waals surface area contributed by atoms with Gasteiger partial charge in [0.15, 0.2) is 0 Å². The van der Waals surface area contributed by atoms with E-state index in [0.29, 0.717) is 6.04 Å². The number of piperidine rings is 2. The first-order valence-corrected chi connectivity index (χ1v) is 6.09. The molecule has 6 nitrogen and oxygen atoms in total. The van der Waals surface area contributed by atoms with Crippen molar-refractivity contribution in [1.82, 2.24) is 10.6 Å². The maximum Gasteiger partial charge on any atom is 0.0558 e. The van der Waals surface area contributed by atoms with E-state index in [4.69, 9.17) is 22.9 Å². The maximum absolute atomic E-state index is 5.58. The fraction of sp³-hybridized carbons (Fsp3) is 1.00. The molecule has 2 fully saturated rings. The van der Waals surface area contributed by atoms with E-state index in [-0.39, 0.29) is 18.5 Å². The number of hydrogen-bond acceptors (Lipinski definition) is 6. The van der Waals surface area contributed by atoms with Crippen molar-refractivity contribution in [2.45, 2.75) is 56.6 Å². The number of nitrogens with one attached hydrogen (secondary N) is 2. The summed E-state index contributed by atoms with van der Waals surface area (Å²) < 4.78 is 0. The van der Waals surface area contributed by atoms with Crippen LogP contribution in [0.4, 0.5) is 0 Å². The molecule has 16 heavy (non-hydrogen) atoms. The lowest BCUT2D eigenvalue weighted by molar-refractivity contribution is 0.331. The van der Waals surface area contributed by atoms with Gasteiger partial charge in [-0.25, -0.2) is 0 Å². The molecule has 0 saturated carbocycles. The molecule has 4 atom stereocenters. The van der Waals surface area contributed by atoms with Gasteiger partial charge in [-0.1, -0.05) is 0 Å². The van der Waals surface area contributed by atoms with Crippen LogP contribution >= 0.6 is 0 Å². The molecular weight excluding hydrogens is 204 g/mol. The standard InChI is InChI=1S/2C5H13N3/c6-4-1-2-5(7)8-3-4;6-4-2-1-3-5(7)8-4/h2*4-5,8H,1-3,6-7H2. The van der Waals surface area contributed by atoms with Gasteiger partial charge in [-0.15, -0.1) is 0 Å². The minimum Gasteiger partial charge on any atom is -0.327 e. The molecule has 0 aromatic rings. The van der Waals surface area contributed by atoms with Crippen molar-refractivity contribution >= 4 is 0 Å². The summed E-state index contributed by atoms with van der Waals surface area (Å²) in [6.07, 6.45) is 5.83. The van der Waals surface area contributed by atoms with E-state index in [1.807, 2.05) is 0 Å². The molecule has 96 valence electrons. The molecule has 2 rings (SSSR count). The zero-order valence-electron chi connectivity index (χ0n) is 9.86. The molecule has 0 aliphatic carbocycles. The summed E-state index contributed by atoms with van der Waals surface area (Å²) in [6.45, 7) is 0.876. The van der Waals surface area contributed by atoms with E-state index in [2.05, 4.69) is 10.6 Å². The predicted octanol–water partition coefficient (Wildman–Crippen LogP) is -1.69. The Morgan fingerprint density at radius 1 is 0.750 bits per heavy atom. The van der Waals surface area contributed by atoms with Crippen LogP contribution in [0.15, 0.2) is 0 Å². The summed E-state index contributed by atoms with van der Waals surface area (Å²) in [5.41, 5.74) is 22.2. The lowest BCUT2D eigenvalue weighted by atomic mass is 10.1. The van der Waals surface area contributed by atoms with Crippen LogP contribution in [0.3, 0.4) is 0 Å². The van der Waals surface area contributed by atoms with Crippen molar-refractivity contribution in [3.63, 3.8) is 0 Å². The van der Waals surface area contributed by atoms with Crippen molar-refractivity contribution in [1.29, 1.82) is 0 Å². The molecule has 4 unspecified atom stereocenters. The van der Waals surface area contributed by atoms with Crippen LogP contribution in [-0.4, -0.2) is 31.1 Å². The van der Waals surface area contributed by atoms with E-state index in [1.54, 1.807) is 0 Å². The van der Waals surface area contributed by atoms with Crippen LogP contribution in [0.1, 0.15) is 32.1 Å². The Bertz CT molecular complexity index is 162. The third kappa shape index (κ3) is 5.74. The highest BCUT2D eigenvalue weighted by atomic mass is 15.1. The van der Waals surface area contributed by atoms with Gasteiger partial charge in [0.05, 0.1) is 18.5 Å². The summed E-state index contributed by atoms with van der Waals surface area (Å²) in [7, 11) is 0. The molecule has 10 N–H and O–H groups in total. The van der Waals surface area contributed by atoms with Crippen LogP contribution < -0.4 is 33.6 Å². The molecule has 6 heteroatoms. The predicted molar refractivity (Wildman–Crippen MR) is 66.1 cm³/mol. The SMILES string of the molecule is NC1CCC(N)NC1.NC1CCCC(N)N1. The lowest BCUT2D eigenvalue weighted by Crippen LogP contribution is -2.51.